The first-order valence-corrected chi connectivity index (χ1v) is 15.3. The molecule has 1 atom stereocenters. The summed E-state index contributed by atoms with van der Waals surface area (Å²) >= 11 is 0. The van der Waals surface area contributed by atoms with E-state index in [1.807, 2.05) is 0 Å². The molecule has 1 heterocycles. The van der Waals surface area contributed by atoms with Crippen LogP contribution < -0.4 is 4.72 Å². The van der Waals surface area contributed by atoms with Crippen molar-refractivity contribution in [3.05, 3.63) is 24.3 Å². The molecule has 1 aliphatic heterocycles. The van der Waals surface area contributed by atoms with Crippen molar-refractivity contribution in [1.29, 1.82) is 0 Å². The van der Waals surface area contributed by atoms with Crippen LogP contribution in [0.2, 0.25) is 0 Å². The Kier molecular flexibility index (Phi) is 9.70. The van der Waals surface area contributed by atoms with Crippen LogP contribution in [0, 0.1) is 0 Å². The number of rotatable bonds is 12. The van der Waals surface area contributed by atoms with Gasteiger partial charge in [-0.2, -0.15) is 8.42 Å². The minimum absolute atomic E-state index is 0.0271. The number of hydrogen-bond acceptors (Lipinski definition) is 9. The maximum atomic E-state index is 13.7. The average Bonchev–Trinajstić information content (AvgIpc) is 2.67. The summed E-state index contributed by atoms with van der Waals surface area (Å²) in [6, 6.07) is 6.34. The van der Waals surface area contributed by atoms with Crippen LogP contribution in [-0.2, 0) is 38.8 Å². The van der Waals surface area contributed by atoms with Crippen molar-refractivity contribution in [1.82, 2.24) is 4.90 Å². The molecule has 0 radical (unpaired) electrons. The number of unbranched alkanes of at least 4 members (excludes halogenated alkanes) is 1. The summed E-state index contributed by atoms with van der Waals surface area (Å²) in [5.41, 5.74) is 0.378. The van der Waals surface area contributed by atoms with Crippen molar-refractivity contribution < 1.29 is 30.0 Å². The number of benzene rings is 1. The van der Waals surface area contributed by atoms with Gasteiger partial charge < -0.3 is 4.74 Å². The Labute approximate surface area is 185 Å². The number of hydrogen-bond donors (Lipinski definition) is 1. The normalized spacial score (nSPS) is 17.7. The highest BCUT2D eigenvalue weighted by molar-refractivity contribution is 7.93. The number of nitrogens with zero attached hydrogens (tertiary/aromatic N) is 2. The average molecular weight is 498 g/mol. The Morgan fingerprint density at radius 1 is 1.03 bits per heavy atom. The van der Waals surface area contributed by atoms with Gasteiger partial charge in [-0.15, -0.1) is 0 Å². The number of sulfonamides is 1. The highest BCUT2D eigenvalue weighted by Gasteiger charge is 2.15. The van der Waals surface area contributed by atoms with Crippen LogP contribution in [0.1, 0.15) is 12.8 Å². The SMILES string of the molecule is CS(=O)(=O)Nc1ccc(S(=O)(CCCCOS(C)(=O)=O)=NCCN2CCOCC2)cc1. The van der Waals surface area contributed by atoms with Crippen LogP contribution in [0.5, 0.6) is 0 Å². The minimum Gasteiger partial charge on any atom is -0.379 e. The molecule has 0 bridgehead atoms. The van der Waals surface area contributed by atoms with Gasteiger partial charge in [-0.1, -0.05) is 0 Å². The van der Waals surface area contributed by atoms with Crippen LogP contribution in [-0.4, -0.2) is 90.2 Å². The largest absolute Gasteiger partial charge is 0.379 e. The molecule has 13 heteroatoms. The molecule has 2 rings (SSSR count). The Hall–Kier alpha value is -1.25. The van der Waals surface area contributed by atoms with Gasteiger partial charge in [0.05, 0.1) is 48.6 Å². The molecule has 1 aromatic carbocycles. The molecule has 0 amide bonds. The lowest BCUT2D eigenvalue weighted by Gasteiger charge is -2.25. The van der Waals surface area contributed by atoms with Gasteiger partial charge in [0, 0.05) is 36.0 Å². The predicted molar refractivity (Wildman–Crippen MR) is 121 cm³/mol. The van der Waals surface area contributed by atoms with Gasteiger partial charge in [-0.25, -0.2) is 17.0 Å². The van der Waals surface area contributed by atoms with Crippen molar-refractivity contribution >= 4 is 35.6 Å². The summed E-state index contributed by atoms with van der Waals surface area (Å²) < 4.78 is 75.6. The van der Waals surface area contributed by atoms with Crippen molar-refractivity contribution in [2.24, 2.45) is 4.36 Å². The lowest BCUT2D eigenvalue weighted by molar-refractivity contribution is 0.0395. The molecule has 31 heavy (non-hydrogen) atoms. The second kappa shape index (κ2) is 11.6. The molecule has 1 N–H and O–H groups in total. The van der Waals surface area contributed by atoms with E-state index in [1.54, 1.807) is 24.3 Å². The first-order valence-electron chi connectivity index (χ1n) is 9.90. The monoisotopic (exact) mass is 497 g/mol. The molecule has 1 aromatic rings. The molecular formula is C18H31N3O7S3. The molecule has 1 saturated heterocycles. The lowest BCUT2D eigenvalue weighted by Crippen LogP contribution is -2.37. The third-order valence-electron chi connectivity index (χ3n) is 4.46. The standard InChI is InChI=1S/C18H31N3O7S3/c1-29(22,23)20-17-5-7-18(8-6-17)31(26,16-4-3-13-28-30(2,24)25)19-9-10-21-11-14-27-15-12-21/h5-8,20H,3-4,9-16H2,1-2H3. The first-order chi connectivity index (χ1) is 14.5. The zero-order valence-corrected chi connectivity index (χ0v) is 20.3. The molecule has 0 aromatic heterocycles. The summed E-state index contributed by atoms with van der Waals surface area (Å²) in [5.74, 6) is 0.252. The Morgan fingerprint density at radius 3 is 2.26 bits per heavy atom. The van der Waals surface area contributed by atoms with Gasteiger partial charge in [-0.3, -0.25) is 13.8 Å². The van der Waals surface area contributed by atoms with Gasteiger partial charge in [0.25, 0.3) is 10.1 Å². The van der Waals surface area contributed by atoms with E-state index >= 15 is 0 Å². The number of morpholine rings is 1. The molecule has 1 aliphatic rings. The maximum absolute atomic E-state index is 13.7. The third-order valence-corrected chi connectivity index (χ3v) is 8.11. The highest BCUT2D eigenvalue weighted by Crippen LogP contribution is 2.20. The van der Waals surface area contributed by atoms with E-state index in [1.165, 1.54) is 0 Å². The van der Waals surface area contributed by atoms with E-state index in [2.05, 4.69) is 14.0 Å². The van der Waals surface area contributed by atoms with Crippen molar-refractivity contribution in [3.63, 3.8) is 0 Å². The number of ether oxygens (including phenoxy) is 1. The molecular weight excluding hydrogens is 466 g/mol. The predicted octanol–water partition coefficient (Wildman–Crippen LogP) is 0.974. The van der Waals surface area contributed by atoms with E-state index < -0.39 is 29.9 Å². The summed E-state index contributed by atoms with van der Waals surface area (Å²) in [7, 11) is -9.67. The molecule has 1 fully saturated rings. The Balaban J connectivity index is 2.09. The van der Waals surface area contributed by atoms with Crippen LogP contribution in [0.3, 0.4) is 0 Å². The zero-order chi connectivity index (χ0) is 23.0. The van der Waals surface area contributed by atoms with Crippen LogP contribution >= 0.6 is 0 Å². The van der Waals surface area contributed by atoms with Crippen molar-refractivity contribution in [2.75, 3.05) is 69.0 Å². The number of anilines is 1. The smallest absolute Gasteiger partial charge is 0.264 e. The summed E-state index contributed by atoms with van der Waals surface area (Å²) in [4.78, 5) is 2.71. The van der Waals surface area contributed by atoms with Crippen molar-refractivity contribution in [3.8, 4) is 0 Å². The number of nitrogens with one attached hydrogen (secondary N) is 1. The van der Waals surface area contributed by atoms with Crippen molar-refractivity contribution in [2.45, 2.75) is 17.7 Å². The quantitative estimate of drug-likeness (QED) is 0.334. The molecule has 10 nitrogen and oxygen atoms in total. The van der Waals surface area contributed by atoms with E-state index in [0.717, 1.165) is 25.6 Å². The molecule has 0 saturated carbocycles. The van der Waals surface area contributed by atoms with E-state index in [4.69, 9.17) is 8.92 Å². The molecule has 178 valence electrons. The second-order valence-corrected chi connectivity index (χ2v) is 13.1. The van der Waals surface area contributed by atoms with Gasteiger partial charge in [0.1, 0.15) is 0 Å². The molecule has 0 aliphatic carbocycles. The van der Waals surface area contributed by atoms with E-state index in [0.29, 0.717) is 49.7 Å². The van der Waals surface area contributed by atoms with Gasteiger partial charge in [0.15, 0.2) is 0 Å². The van der Waals surface area contributed by atoms with Gasteiger partial charge >= 0.3 is 0 Å². The molecule has 1 unspecified atom stereocenters. The van der Waals surface area contributed by atoms with Gasteiger partial charge in [0.2, 0.25) is 10.0 Å². The third kappa shape index (κ3) is 10.3. The summed E-state index contributed by atoms with van der Waals surface area (Å²) in [6.07, 6.45) is 2.95. The summed E-state index contributed by atoms with van der Waals surface area (Å²) in [5, 5.41) is 0. The van der Waals surface area contributed by atoms with Crippen LogP contribution in [0.25, 0.3) is 0 Å². The first kappa shape index (κ1) is 26.0. The zero-order valence-electron chi connectivity index (χ0n) is 17.9. The van der Waals surface area contributed by atoms with E-state index in [9.17, 15) is 21.0 Å². The highest BCUT2D eigenvalue weighted by atomic mass is 32.2. The Morgan fingerprint density at radius 2 is 1.68 bits per heavy atom. The Bertz CT molecular complexity index is 1030. The second-order valence-electron chi connectivity index (χ2n) is 7.28. The minimum atomic E-state index is -3.51. The maximum Gasteiger partial charge on any atom is 0.264 e. The van der Waals surface area contributed by atoms with Crippen LogP contribution in [0.4, 0.5) is 5.69 Å². The van der Waals surface area contributed by atoms with Gasteiger partial charge in [-0.05, 0) is 37.1 Å². The topological polar surface area (TPSA) is 131 Å². The van der Waals surface area contributed by atoms with Crippen LogP contribution in [0.15, 0.2) is 33.5 Å². The van der Waals surface area contributed by atoms with E-state index in [-0.39, 0.29) is 12.4 Å². The fraction of sp³-hybridized carbons (Fsp3) is 0.667. The lowest BCUT2D eigenvalue weighted by atomic mass is 10.3. The summed E-state index contributed by atoms with van der Waals surface area (Å²) in [6.45, 7) is 4.05. The fourth-order valence-corrected chi connectivity index (χ4v) is 6.00. The molecule has 0 spiro atoms. The fourth-order valence-electron chi connectivity index (χ4n) is 2.97.